The second-order valence-corrected chi connectivity index (χ2v) is 4.72. The SMILES string of the molecule is Cc1ccc(Nc2ccc(C)cc2CC(=O)O)cc1. The zero-order valence-corrected chi connectivity index (χ0v) is 11.1. The van der Waals surface area contributed by atoms with E-state index in [0.717, 1.165) is 22.5 Å². The molecule has 2 N–H and O–H groups in total. The van der Waals surface area contributed by atoms with Crippen molar-refractivity contribution < 1.29 is 9.90 Å². The summed E-state index contributed by atoms with van der Waals surface area (Å²) in [5.41, 5.74) is 4.86. The van der Waals surface area contributed by atoms with Crippen LogP contribution in [0.15, 0.2) is 42.5 Å². The predicted molar refractivity (Wildman–Crippen MR) is 77.0 cm³/mol. The first-order valence-corrected chi connectivity index (χ1v) is 6.19. The molecule has 0 fully saturated rings. The third kappa shape index (κ3) is 3.58. The topological polar surface area (TPSA) is 49.3 Å². The Morgan fingerprint density at radius 1 is 1.05 bits per heavy atom. The lowest BCUT2D eigenvalue weighted by molar-refractivity contribution is -0.136. The smallest absolute Gasteiger partial charge is 0.307 e. The van der Waals surface area contributed by atoms with Crippen molar-refractivity contribution >= 4 is 17.3 Å². The molecule has 0 saturated carbocycles. The van der Waals surface area contributed by atoms with Crippen LogP contribution in [-0.2, 0) is 11.2 Å². The molecular weight excluding hydrogens is 238 g/mol. The van der Waals surface area contributed by atoms with Crippen molar-refractivity contribution in [2.75, 3.05) is 5.32 Å². The fraction of sp³-hybridized carbons (Fsp3) is 0.188. The summed E-state index contributed by atoms with van der Waals surface area (Å²) in [6.07, 6.45) is 0.0237. The first-order valence-electron chi connectivity index (χ1n) is 6.19. The van der Waals surface area contributed by atoms with Gasteiger partial charge in [0.15, 0.2) is 0 Å². The number of carboxylic acids is 1. The highest BCUT2D eigenvalue weighted by atomic mass is 16.4. The van der Waals surface area contributed by atoms with E-state index in [4.69, 9.17) is 5.11 Å². The van der Waals surface area contributed by atoms with Crippen LogP contribution in [0.5, 0.6) is 0 Å². The van der Waals surface area contributed by atoms with Crippen LogP contribution in [-0.4, -0.2) is 11.1 Å². The Morgan fingerprint density at radius 3 is 2.32 bits per heavy atom. The van der Waals surface area contributed by atoms with Gasteiger partial charge < -0.3 is 10.4 Å². The molecule has 0 aliphatic heterocycles. The molecule has 0 aromatic heterocycles. The van der Waals surface area contributed by atoms with Gasteiger partial charge in [-0.1, -0.05) is 35.4 Å². The summed E-state index contributed by atoms with van der Waals surface area (Å²) in [5, 5.41) is 12.2. The maximum Gasteiger partial charge on any atom is 0.307 e. The lowest BCUT2D eigenvalue weighted by Crippen LogP contribution is -2.04. The van der Waals surface area contributed by atoms with Gasteiger partial charge in [-0.05, 0) is 37.6 Å². The average Bonchev–Trinajstić information content (AvgIpc) is 2.34. The van der Waals surface area contributed by atoms with E-state index in [1.807, 2.05) is 56.3 Å². The fourth-order valence-electron chi connectivity index (χ4n) is 1.95. The molecule has 0 spiro atoms. The Labute approximate surface area is 112 Å². The van der Waals surface area contributed by atoms with Gasteiger partial charge in [0.25, 0.3) is 0 Å². The van der Waals surface area contributed by atoms with Crippen LogP contribution in [0.3, 0.4) is 0 Å². The number of hydrogen-bond acceptors (Lipinski definition) is 2. The lowest BCUT2D eigenvalue weighted by atomic mass is 10.1. The number of hydrogen-bond donors (Lipinski definition) is 2. The number of anilines is 2. The number of carboxylic acid groups (broad SMARTS) is 1. The summed E-state index contributed by atoms with van der Waals surface area (Å²) < 4.78 is 0. The second-order valence-electron chi connectivity index (χ2n) is 4.72. The molecule has 19 heavy (non-hydrogen) atoms. The van der Waals surface area contributed by atoms with Crippen LogP contribution in [0.1, 0.15) is 16.7 Å². The zero-order valence-electron chi connectivity index (χ0n) is 11.1. The lowest BCUT2D eigenvalue weighted by Gasteiger charge is -2.12. The van der Waals surface area contributed by atoms with Gasteiger partial charge in [0.05, 0.1) is 6.42 Å². The minimum absolute atomic E-state index is 0.0237. The molecule has 0 amide bonds. The zero-order chi connectivity index (χ0) is 13.8. The van der Waals surface area contributed by atoms with Crippen molar-refractivity contribution in [1.29, 1.82) is 0 Å². The van der Waals surface area contributed by atoms with Gasteiger partial charge in [0.1, 0.15) is 0 Å². The van der Waals surface area contributed by atoms with E-state index in [1.54, 1.807) is 0 Å². The maximum absolute atomic E-state index is 10.9. The Kier molecular flexibility index (Phi) is 3.85. The van der Waals surface area contributed by atoms with Gasteiger partial charge >= 0.3 is 5.97 Å². The molecule has 2 aromatic carbocycles. The Hall–Kier alpha value is -2.29. The number of aliphatic carboxylic acids is 1. The van der Waals surface area contributed by atoms with Gasteiger partial charge in [0, 0.05) is 11.4 Å². The minimum atomic E-state index is -0.822. The van der Waals surface area contributed by atoms with Crippen molar-refractivity contribution in [2.45, 2.75) is 20.3 Å². The number of nitrogens with one attached hydrogen (secondary N) is 1. The molecular formula is C16H17NO2. The van der Waals surface area contributed by atoms with Crippen LogP contribution in [0, 0.1) is 13.8 Å². The predicted octanol–water partition coefficient (Wildman–Crippen LogP) is 3.67. The summed E-state index contributed by atoms with van der Waals surface area (Å²) in [5.74, 6) is -0.822. The third-order valence-electron chi connectivity index (χ3n) is 2.93. The molecule has 98 valence electrons. The molecule has 0 saturated heterocycles. The monoisotopic (exact) mass is 255 g/mol. The first kappa shape index (κ1) is 13.1. The summed E-state index contributed by atoms with van der Waals surface area (Å²) in [6, 6.07) is 13.8. The third-order valence-corrected chi connectivity index (χ3v) is 2.93. The van der Waals surface area contributed by atoms with Crippen LogP contribution in [0.4, 0.5) is 11.4 Å². The number of rotatable bonds is 4. The van der Waals surface area contributed by atoms with Gasteiger partial charge in [0.2, 0.25) is 0 Å². The molecule has 0 heterocycles. The van der Waals surface area contributed by atoms with Crippen molar-refractivity contribution in [2.24, 2.45) is 0 Å². The van der Waals surface area contributed by atoms with Crippen molar-refractivity contribution in [3.05, 3.63) is 59.2 Å². The highest BCUT2D eigenvalue weighted by Crippen LogP contribution is 2.23. The van der Waals surface area contributed by atoms with E-state index < -0.39 is 5.97 Å². The Morgan fingerprint density at radius 2 is 1.68 bits per heavy atom. The molecule has 0 aliphatic rings. The molecule has 3 heteroatoms. The number of carbonyl (C=O) groups is 1. The van der Waals surface area contributed by atoms with E-state index in [2.05, 4.69) is 5.32 Å². The highest BCUT2D eigenvalue weighted by molar-refractivity contribution is 5.75. The van der Waals surface area contributed by atoms with Crippen molar-refractivity contribution in [3.8, 4) is 0 Å². The van der Waals surface area contributed by atoms with E-state index in [-0.39, 0.29) is 6.42 Å². The molecule has 3 nitrogen and oxygen atoms in total. The van der Waals surface area contributed by atoms with Crippen molar-refractivity contribution in [1.82, 2.24) is 0 Å². The molecule has 0 radical (unpaired) electrons. The summed E-state index contributed by atoms with van der Waals surface area (Å²) >= 11 is 0. The minimum Gasteiger partial charge on any atom is -0.481 e. The number of aryl methyl sites for hydroxylation is 2. The van der Waals surface area contributed by atoms with Crippen LogP contribution >= 0.6 is 0 Å². The fourth-order valence-corrected chi connectivity index (χ4v) is 1.95. The Balaban J connectivity index is 2.28. The van der Waals surface area contributed by atoms with E-state index in [0.29, 0.717) is 0 Å². The molecule has 2 aromatic rings. The summed E-state index contributed by atoms with van der Waals surface area (Å²) in [7, 11) is 0. The van der Waals surface area contributed by atoms with Gasteiger partial charge in [-0.25, -0.2) is 0 Å². The standard InChI is InChI=1S/C16H17NO2/c1-11-3-6-14(7-4-11)17-15-8-5-12(2)9-13(15)10-16(18)19/h3-9,17H,10H2,1-2H3,(H,18,19). The summed E-state index contributed by atoms with van der Waals surface area (Å²) in [4.78, 5) is 10.9. The van der Waals surface area contributed by atoms with Gasteiger partial charge in [-0.2, -0.15) is 0 Å². The van der Waals surface area contributed by atoms with Crippen LogP contribution in [0.25, 0.3) is 0 Å². The normalized spacial score (nSPS) is 10.2. The largest absolute Gasteiger partial charge is 0.481 e. The first-order chi connectivity index (χ1) is 9.04. The molecule has 2 rings (SSSR count). The quantitative estimate of drug-likeness (QED) is 0.876. The maximum atomic E-state index is 10.9. The highest BCUT2D eigenvalue weighted by Gasteiger charge is 2.07. The number of benzene rings is 2. The molecule has 0 bridgehead atoms. The molecule has 0 aliphatic carbocycles. The van der Waals surface area contributed by atoms with Crippen LogP contribution in [0.2, 0.25) is 0 Å². The summed E-state index contributed by atoms with van der Waals surface area (Å²) in [6.45, 7) is 3.99. The average molecular weight is 255 g/mol. The van der Waals surface area contributed by atoms with E-state index in [9.17, 15) is 4.79 Å². The van der Waals surface area contributed by atoms with E-state index in [1.165, 1.54) is 5.56 Å². The van der Waals surface area contributed by atoms with Gasteiger partial charge in [-0.3, -0.25) is 4.79 Å². The molecule has 0 atom stereocenters. The molecule has 0 unspecified atom stereocenters. The van der Waals surface area contributed by atoms with Crippen molar-refractivity contribution in [3.63, 3.8) is 0 Å². The van der Waals surface area contributed by atoms with Crippen LogP contribution < -0.4 is 5.32 Å². The van der Waals surface area contributed by atoms with E-state index >= 15 is 0 Å². The Bertz CT molecular complexity index is 588. The second kappa shape index (κ2) is 5.57. The van der Waals surface area contributed by atoms with Gasteiger partial charge in [-0.15, -0.1) is 0 Å².